The molecule has 1 atom stereocenters. The maximum absolute atomic E-state index is 12.4. The number of nitrogens with zero attached hydrogens (tertiary/aromatic N) is 2. The van der Waals surface area contributed by atoms with Crippen molar-refractivity contribution < 1.29 is 14.3 Å². The average Bonchev–Trinajstić information content (AvgIpc) is 2.72. The van der Waals surface area contributed by atoms with Crippen LogP contribution < -0.4 is 10.9 Å². The van der Waals surface area contributed by atoms with E-state index >= 15 is 0 Å². The zero-order chi connectivity index (χ0) is 21.0. The number of carbonyl (C=O) groups excluding carboxylic acids is 2. The van der Waals surface area contributed by atoms with Crippen molar-refractivity contribution in [2.24, 2.45) is 5.92 Å². The molecule has 0 fully saturated rings. The Kier molecular flexibility index (Phi) is 6.07. The van der Waals surface area contributed by atoms with Gasteiger partial charge in [-0.1, -0.05) is 56.3 Å². The molecule has 0 aliphatic rings. The number of fused-ring (bicyclic) bond motifs is 1. The molecular formula is C22H23N3O4. The second-order valence-electron chi connectivity index (χ2n) is 7.05. The minimum atomic E-state index is -0.788. The molecule has 1 N–H and O–H groups in total. The lowest BCUT2D eigenvalue weighted by molar-refractivity contribution is -0.146. The number of aromatic nitrogens is 2. The summed E-state index contributed by atoms with van der Waals surface area (Å²) in [5.74, 6) is -1.17. The summed E-state index contributed by atoms with van der Waals surface area (Å²) in [4.78, 5) is 36.5. The summed E-state index contributed by atoms with van der Waals surface area (Å²) in [5, 5.41) is 9.05. The fourth-order valence-electron chi connectivity index (χ4n) is 3.13. The molecule has 0 radical (unpaired) electrons. The topological polar surface area (TPSA) is 90.3 Å². The van der Waals surface area contributed by atoms with Crippen LogP contribution in [0.2, 0.25) is 0 Å². The zero-order valence-electron chi connectivity index (χ0n) is 16.6. The number of rotatable bonds is 6. The highest BCUT2D eigenvalue weighted by Crippen LogP contribution is 2.26. The summed E-state index contributed by atoms with van der Waals surface area (Å²) in [7, 11) is 1.27. The largest absolute Gasteiger partial charge is 0.467 e. The number of carbonyl (C=O) groups is 2. The van der Waals surface area contributed by atoms with Crippen LogP contribution in [0.25, 0.3) is 22.0 Å². The van der Waals surface area contributed by atoms with E-state index in [1.54, 1.807) is 19.9 Å². The van der Waals surface area contributed by atoms with Crippen LogP contribution in [-0.4, -0.2) is 34.8 Å². The maximum Gasteiger partial charge on any atom is 0.328 e. The predicted molar refractivity (Wildman–Crippen MR) is 110 cm³/mol. The van der Waals surface area contributed by atoms with Crippen LogP contribution in [0.15, 0.2) is 59.4 Å². The number of methoxy groups -OCH3 is 1. The molecule has 1 heterocycles. The van der Waals surface area contributed by atoms with Crippen molar-refractivity contribution in [3.8, 4) is 11.3 Å². The Morgan fingerprint density at radius 2 is 1.79 bits per heavy atom. The molecule has 29 heavy (non-hydrogen) atoms. The minimum Gasteiger partial charge on any atom is -0.467 e. The maximum atomic E-state index is 12.4. The van der Waals surface area contributed by atoms with E-state index in [9.17, 15) is 14.4 Å². The highest BCUT2D eigenvalue weighted by Gasteiger charge is 2.25. The fourth-order valence-corrected chi connectivity index (χ4v) is 3.13. The van der Waals surface area contributed by atoms with Gasteiger partial charge in [0.05, 0.1) is 12.8 Å². The third-order valence-corrected chi connectivity index (χ3v) is 4.66. The summed E-state index contributed by atoms with van der Waals surface area (Å²) in [5.41, 5.74) is 1.05. The van der Waals surface area contributed by atoms with Gasteiger partial charge in [0.2, 0.25) is 5.91 Å². The van der Waals surface area contributed by atoms with Crippen molar-refractivity contribution in [2.75, 3.05) is 7.11 Å². The molecule has 0 aliphatic carbocycles. The summed E-state index contributed by atoms with van der Waals surface area (Å²) < 4.78 is 5.83. The van der Waals surface area contributed by atoms with Crippen molar-refractivity contribution in [1.82, 2.24) is 15.1 Å². The number of hydrogen-bond donors (Lipinski definition) is 1. The van der Waals surface area contributed by atoms with E-state index in [1.807, 2.05) is 42.5 Å². The van der Waals surface area contributed by atoms with E-state index in [4.69, 9.17) is 4.74 Å². The highest BCUT2D eigenvalue weighted by atomic mass is 16.5. The summed E-state index contributed by atoms with van der Waals surface area (Å²) in [6.45, 7) is 3.30. The van der Waals surface area contributed by atoms with Crippen LogP contribution in [0, 0.1) is 5.92 Å². The van der Waals surface area contributed by atoms with Gasteiger partial charge in [-0.25, -0.2) is 9.48 Å². The summed E-state index contributed by atoms with van der Waals surface area (Å²) in [6, 6.07) is 16.0. The van der Waals surface area contributed by atoms with Crippen molar-refractivity contribution in [1.29, 1.82) is 0 Å². The van der Waals surface area contributed by atoms with Crippen molar-refractivity contribution >= 4 is 22.6 Å². The Bertz CT molecular complexity index is 1100. The monoisotopic (exact) mass is 393 g/mol. The normalized spacial score (nSPS) is 12.0. The van der Waals surface area contributed by atoms with Gasteiger partial charge >= 0.3 is 5.97 Å². The van der Waals surface area contributed by atoms with Gasteiger partial charge in [-0.05, 0) is 22.8 Å². The molecule has 2 aromatic carbocycles. The first-order chi connectivity index (χ1) is 13.9. The van der Waals surface area contributed by atoms with E-state index in [0.717, 1.165) is 21.0 Å². The van der Waals surface area contributed by atoms with Crippen LogP contribution in [-0.2, 0) is 20.9 Å². The van der Waals surface area contributed by atoms with Crippen molar-refractivity contribution in [3.05, 3.63) is 65.0 Å². The van der Waals surface area contributed by atoms with Crippen LogP contribution in [0.5, 0.6) is 0 Å². The molecule has 1 aromatic heterocycles. The Morgan fingerprint density at radius 1 is 1.07 bits per heavy atom. The molecule has 3 aromatic rings. The number of esters is 1. The molecule has 7 nitrogen and oxygen atoms in total. The first-order valence-electron chi connectivity index (χ1n) is 9.34. The zero-order valence-corrected chi connectivity index (χ0v) is 16.6. The lowest BCUT2D eigenvalue weighted by Crippen LogP contribution is -2.47. The standard InChI is InChI=1S/C22H23N3O4/c1-14(2)21(22(28)29-3)23-19(26)13-25-20(27)12-11-18(24-25)17-10-6-8-15-7-4-5-9-16(15)17/h4-12,14,21H,13H2,1-3H3,(H,23,26)/t21-/m1/s1. The predicted octanol–water partition coefficient (Wildman–Crippen LogP) is 2.38. The van der Waals surface area contributed by atoms with Crippen LogP contribution in [0.4, 0.5) is 0 Å². The Morgan fingerprint density at radius 3 is 2.52 bits per heavy atom. The summed E-state index contributed by atoms with van der Waals surface area (Å²) in [6.07, 6.45) is 0. The summed E-state index contributed by atoms with van der Waals surface area (Å²) >= 11 is 0. The second kappa shape index (κ2) is 8.68. The first kappa shape index (κ1) is 20.3. The van der Waals surface area contributed by atoms with Crippen LogP contribution in [0.3, 0.4) is 0 Å². The minimum absolute atomic E-state index is 0.155. The first-order valence-corrected chi connectivity index (χ1v) is 9.34. The molecule has 0 saturated heterocycles. The Labute approximate surface area is 168 Å². The van der Waals surface area contributed by atoms with Crippen molar-refractivity contribution in [3.63, 3.8) is 0 Å². The molecule has 0 unspecified atom stereocenters. The number of ether oxygens (including phenoxy) is 1. The van der Waals surface area contributed by atoms with Gasteiger partial charge in [0.25, 0.3) is 5.56 Å². The van der Waals surface area contributed by atoms with Crippen LogP contribution >= 0.6 is 0 Å². The highest BCUT2D eigenvalue weighted by molar-refractivity contribution is 5.95. The van der Waals surface area contributed by atoms with E-state index < -0.39 is 23.5 Å². The van der Waals surface area contributed by atoms with Crippen molar-refractivity contribution in [2.45, 2.75) is 26.4 Å². The van der Waals surface area contributed by atoms with Gasteiger partial charge in [-0.3, -0.25) is 9.59 Å². The lowest BCUT2D eigenvalue weighted by Gasteiger charge is -2.19. The lowest BCUT2D eigenvalue weighted by atomic mass is 10.0. The van der Waals surface area contributed by atoms with E-state index in [1.165, 1.54) is 13.2 Å². The van der Waals surface area contributed by atoms with Gasteiger partial charge in [0, 0.05) is 11.6 Å². The molecule has 150 valence electrons. The van der Waals surface area contributed by atoms with Gasteiger partial charge < -0.3 is 10.1 Å². The second-order valence-corrected chi connectivity index (χ2v) is 7.05. The van der Waals surface area contributed by atoms with Gasteiger partial charge in [-0.2, -0.15) is 5.10 Å². The number of nitrogens with one attached hydrogen (secondary N) is 1. The molecular weight excluding hydrogens is 370 g/mol. The molecule has 1 amide bonds. The molecule has 3 rings (SSSR count). The average molecular weight is 393 g/mol. The quantitative estimate of drug-likeness (QED) is 0.650. The third-order valence-electron chi connectivity index (χ3n) is 4.66. The number of amides is 1. The van der Waals surface area contributed by atoms with E-state index in [2.05, 4.69) is 10.4 Å². The van der Waals surface area contributed by atoms with E-state index in [-0.39, 0.29) is 12.5 Å². The Balaban J connectivity index is 1.89. The fraction of sp³-hybridized carbons (Fsp3) is 0.273. The van der Waals surface area contributed by atoms with Gasteiger partial charge in [0.15, 0.2) is 0 Å². The molecule has 0 spiro atoms. The smallest absolute Gasteiger partial charge is 0.328 e. The number of hydrogen-bond acceptors (Lipinski definition) is 5. The van der Waals surface area contributed by atoms with Gasteiger partial charge in [0.1, 0.15) is 12.6 Å². The Hall–Kier alpha value is -3.48. The number of benzene rings is 2. The third kappa shape index (κ3) is 4.51. The van der Waals surface area contributed by atoms with Crippen LogP contribution in [0.1, 0.15) is 13.8 Å². The molecule has 0 aliphatic heterocycles. The molecule has 0 saturated carbocycles. The molecule has 0 bridgehead atoms. The van der Waals surface area contributed by atoms with Gasteiger partial charge in [-0.15, -0.1) is 0 Å². The van der Waals surface area contributed by atoms with E-state index in [0.29, 0.717) is 5.69 Å². The SMILES string of the molecule is COC(=O)[C@H](NC(=O)Cn1nc(-c2cccc3ccccc23)ccc1=O)C(C)C. The molecule has 7 heteroatoms.